The van der Waals surface area contributed by atoms with Gasteiger partial charge in [0.05, 0.1) is 13.2 Å². The van der Waals surface area contributed by atoms with E-state index in [-0.39, 0.29) is 17.7 Å². The molecule has 0 saturated carbocycles. The molecule has 1 atom stereocenters. The fraction of sp³-hybridized carbons (Fsp3) is 0.200. The Kier molecular flexibility index (Phi) is 4.82. The minimum Gasteiger partial charge on any atom is -0.494 e. The van der Waals surface area contributed by atoms with Crippen molar-refractivity contribution in [3.8, 4) is 5.75 Å². The standard InChI is InChI=1S/C15H15F3N2O/c1-21-15-6-5-9(7-13(15)18)14(20-19)8-10-11(16)3-2-4-12(10)17/h2-7,14,20H,8,19H2,1H3. The highest BCUT2D eigenvalue weighted by Gasteiger charge is 2.18. The van der Waals surface area contributed by atoms with Gasteiger partial charge in [0.25, 0.3) is 0 Å². The minimum atomic E-state index is -0.663. The molecule has 3 N–H and O–H groups in total. The Hall–Kier alpha value is -2.05. The van der Waals surface area contributed by atoms with Crippen molar-refractivity contribution in [3.63, 3.8) is 0 Å². The Morgan fingerprint density at radius 3 is 2.29 bits per heavy atom. The maximum Gasteiger partial charge on any atom is 0.165 e. The van der Waals surface area contributed by atoms with Crippen molar-refractivity contribution in [1.82, 2.24) is 5.43 Å². The van der Waals surface area contributed by atoms with Gasteiger partial charge in [0.2, 0.25) is 0 Å². The molecule has 0 amide bonds. The number of benzene rings is 2. The Morgan fingerprint density at radius 1 is 1.10 bits per heavy atom. The zero-order valence-electron chi connectivity index (χ0n) is 11.4. The largest absolute Gasteiger partial charge is 0.494 e. The highest BCUT2D eigenvalue weighted by molar-refractivity contribution is 5.32. The Labute approximate surface area is 120 Å². The molecule has 112 valence electrons. The van der Waals surface area contributed by atoms with Gasteiger partial charge in [0.1, 0.15) is 11.6 Å². The van der Waals surface area contributed by atoms with Gasteiger partial charge >= 0.3 is 0 Å². The van der Waals surface area contributed by atoms with Gasteiger partial charge in [-0.1, -0.05) is 12.1 Å². The summed E-state index contributed by atoms with van der Waals surface area (Å²) in [6.07, 6.45) is -0.0409. The molecule has 1 unspecified atom stereocenters. The third-order valence-electron chi connectivity index (χ3n) is 3.25. The van der Waals surface area contributed by atoms with Crippen molar-refractivity contribution in [2.24, 2.45) is 5.84 Å². The lowest BCUT2D eigenvalue weighted by Gasteiger charge is -2.18. The molecule has 0 bridgehead atoms. The van der Waals surface area contributed by atoms with E-state index in [1.54, 1.807) is 6.07 Å². The van der Waals surface area contributed by atoms with Crippen LogP contribution in [0.5, 0.6) is 5.75 Å². The Morgan fingerprint density at radius 2 is 1.76 bits per heavy atom. The molecular formula is C15H15F3N2O. The van der Waals surface area contributed by atoms with Crippen molar-refractivity contribution < 1.29 is 17.9 Å². The molecule has 0 aliphatic carbocycles. The van der Waals surface area contributed by atoms with Crippen LogP contribution in [0.25, 0.3) is 0 Å². The van der Waals surface area contributed by atoms with Crippen LogP contribution in [0.1, 0.15) is 17.2 Å². The molecule has 2 aromatic rings. The van der Waals surface area contributed by atoms with Crippen LogP contribution in [-0.4, -0.2) is 7.11 Å². The first-order chi connectivity index (χ1) is 10.1. The van der Waals surface area contributed by atoms with E-state index in [4.69, 9.17) is 10.6 Å². The van der Waals surface area contributed by atoms with Crippen LogP contribution in [0.3, 0.4) is 0 Å². The van der Waals surface area contributed by atoms with E-state index in [1.807, 2.05) is 0 Å². The van der Waals surface area contributed by atoms with Crippen molar-refractivity contribution in [3.05, 3.63) is 65.0 Å². The van der Waals surface area contributed by atoms with E-state index < -0.39 is 23.5 Å². The van der Waals surface area contributed by atoms with Crippen LogP contribution in [0, 0.1) is 17.5 Å². The van der Waals surface area contributed by atoms with E-state index in [0.717, 1.165) is 0 Å². The van der Waals surface area contributed by atoms with Gasteiger partial charge in [-0.3, -0.25) is 11.3 Å². The van der Waals surface area contributed by atoms with Gasteiger partial charge in [-0.25, -0.2) is 13.2 Å². The number of nitrogens with two attached hydrogens (primary N) is 1. The topological polar surface area (TPSA) is 47.3 Å². The van der Waals surface area contributed by atoms with E-state index in [9.17, 15) is 13.2 Å². The lowest BCUT2D eigenvalue weighted by Crippen LogP contribution is -2.30. The van der Waals surface area contributed by atoms with E-state index in [0.29, 0.717) is 5.56 Å². The average molecular weight is 296 g/mol. The van der Waals surface area contributed by atoms with Gasteiger partial charge in [-0.05, 0) is 36.2 Å². The second-order valence-electron chi connectivity index (χ2n) is 4.52. The van der Waals surface area contributed by atoms with Gasteiger partial charge in [-0.15, -0.1) is 0 Å². The molecule has 0 fully saturated rings. The molecule has 2 aromatic carbocycles. The fourth-order valence-electron chi connectivity index (χ4n) is 2.10. The monoisotopic (exact) mass is 296 g/mol. The smallest absolute Gasteiger partial charge is 0.165 e. The summed E-state index contributed by atoms with van der Waals surface area (Å²) < 4.78 is 45.8. The molecule has 6 heteroatoms. The van der Waals surface area contributed by atoms with Crippen LogP contribution < -0.4 is 16.0 Å². The van der Waals surface area contributed by atoms with Crippen LogP contribution in [-0.2, 0) is 6.42 Å². The summed E-state index contributed by atoms with van der Waals surface area (Å²) in [5, 5.41) is 0. The summed E-state index contributed by atoms with van der Waals surface area (Å²) in [7, 11) is 1.35. The molecule has 0 heterocycles. The second kappa shape index (κ2) is 6.60. The second-order valence-corrected chi connectivity index (χ2v) is 4.52. The van der Waals surface area contributed by atoms with Crippen LogP contribution in [0.15, 0.2) is 36.4 Å². The fourth-order valence-corrected chi connectivity index (χ4v) is 2.10. The number of hydrogen-bond acceptors (Lipinski definition) is 3. The first-order valence-electron chi connectivity index (χ1n) is 6.29. The summed E-state index contributed by atoms with van der Waals surface area (Å²) in [6, 6.07) is 7.24. The first-order valence-corrected chi connectivity index (χ1v) is 6.29. The normalized spacial score (nSPS) is 12.2. The third-order valence-corrected chi connectivity index (χ3v) is 3.25. The number of methoxy groups -OCH3 is 1. The van der Waals surface area contributed by atoms with Crippen molar-refractivity contribution in [1.29, 1.82) is 0 Å². The molecule has 0 aliphatic rings. The number of ether oxygens (including phenoxy) is 1. The lowest BCUT2D eigenvalue weighted by molar-refractivity contribution is 0.385. The zero-order chi connectivity index (χ0) is 15.4. The highest BCUT2D eigenvalue weighted by Crippen LogP contribution is 2.25. The third kappa shape index (κ3) is 3.34. The summed E-state index contributed by atoms with van der Waals surface area (Å²) in [4.78, 5) is 0. The molecule has 2 rings (SSSR count). The van der Waals surface area contributed by atoms with Crippen molar-refractivity contribution >= 4 is 0 Å². The van der Waals surface area contributed by atoms with Crippen LogP contribution >= 0.6 is 0 Å². The SMILES string of the molecule is COc1ccc(C(Cc2c(F)cccc2F)NN)cc1F. The molecule has 3 nitrogen and oxygen atoms in total. The summed E-state index contributed by atoms with van der Waals surface area (Å²) >= 11 is 0. The van der Waals surface area contributed by atoms with Crippen LogP contribution in [0.4, 0.5) is 13.2 Å². The molecule has 0 aliphatic heterocycles. The molecule has 0 saturated heterocycles. The first kappa shape index (κ1) is 15.3. The Bertz CT molecular complexity index is 614. The quantitative estimate of drug-likeness (QED) is 0.659. The lowest BCUT2D eigenvalue weighted by atomic mass is 9.98. The number of rotatable bonds is 5. The molecule has 0 radical (unpaired) electrons. The number of hydrazine groups is 1. The van der Waals surface area contributed by atoms with Gasteiger partial charge < -0.3 is 4.74 Å². The van der Waals surface area contributed by atoms with E-state index in [1.165, 1.54) is 37.4 Å². The Balaban J connectivity index is 2.30. The average Bonchev–Trinajstić information content (AvgIpc) is 2.47. The van der Waals surface area contributed by atoms with Gasteiger partial charge in [0, 0.05) is 5.56 Å². The van der Waals surface area contributed by atoms with Crippen LogP contribution in [0.2, 0.25) is 0 Å². The molecular weight excluding hydrogens is 281 g/mol. The maximum atomic E-state index is 13.7. The number of nitrogens with one attached hydrogen (secondary N) is 1. The van der Waals surface area contributed by atoms with Crippen molar-refractivity contribution in [2.75, 3.05) is 7.11 Å². The molecule has 0 spiro atoms. The predicted molar refractivity (Wildman–Crippen MR) is 73.1 cm³/mol. The summed E-state index contributed by atoms with van der Waals surface area (Å²) in [6.45, 7) is 0. The van der Waals surface area contributed by atoms with E-state index in [2.05, 4.69) is 5.43 Å². The predicted octanol–water partition coefficient (Wildman–Crippen LogP) is 2.86. The molecule has 0 aromatic heterocycles. The molecule has 21 heavy (non-hydrogen) atoms. The van der Waals surface area contributed by atoms with E-state index >= 15 is 0 Å². The minimum absolute atomic E-state index is 0.0409. The number of hydrogen-bond donors (Lipinski definition) is 2. The number of halogens is 3. The van der Waals surface area contributed by atoms with Gasteiger partial charge in [0.15, 0.2) is 11.6 Å². The van der Waals surface area contributed by atoms with Crippen molar-refractivity contribution in [2.45, 2.75) is 12.5 Å². The van der Waals surface area contributed by atoms with Gasteiger partial charge in [-0.2, -0.15) is 0 Å². The maximum absolute atomic E-state index is 13.7. The highest BCUT2D eigenvalue weighted by atomic mass is 19.1. The summed E-state index contributed by atoms with van der Waals surface area (Å²) in [5.41, 5.74) is 2.82. The zero-order valence-corrected chi connectivity index (χ0v) is 11.4. The summed E-state index contributed by atoms with van der Waals surface area (Å²) in [5.74, 6) is 3.62.